The van der Waals surface area contributed by atoms with Crippen molar-refractivity contribution < 1.29 is 14.6 Å². The van der Waals surface area contributed by atoms with Crippen molar-refractivity contribution in [2.75, 3.05) is 20.2 Å². The number of nitrogens with zero attached hydrogens (tertiary/aromatic N) is 3. The maximum absolute atomic E-state index is 13.6. The second kappa shape index (κ2) is 7.76. The summed E-state index contributed by atoms with van der Waals surface area (Å²) >= 11 is 0. The molecule has 3 fully saturated rings. The molecule has 0 bridgehead atoms. The van der Waals surface area contributed by atoms with Gasteiger partial charge in [-0.25, -0.2) is 4.98 Å². The lowest BCUT2D eigenvalue weighted by Gasteiger charge is -2.48. The van der Waals surface area contributed by atoms with E-state index in [1.165, 1.54) is 0 Å². The van der Waals surface area contributed by atoms with Crippen molar-refractivity contribution in [2.24, 2.45) is 0 Å². The number of hydrogen-bond acceptors (Lipinski definition) is 5. The summed E-state index contributed by atoms with van der Waals surface area (Å²) in [5, 5.41) is 9.82. The number of amides is 1. The fourth-order valence-corrected chi connectivity index (χ4v) is 5.31. The van der Waals surface area contributed by atoms with Crippen LogP contribution in [0.4, 0.5) is 0 Å². The van der Waals surface area contributed by atoms with E-state index in [2.05, 4.69) is 14.8 Å². The van der Waals surface area contributed by atoms with Crippen LogP contribution in [0.1, 0.15) is 56.9 Å². The van der Waals surface area contributed by atoms with Gasteiger partial charge in [-0.05, 0) is 69.5 Å². The first-order valence-corrected chi connectivity index (χ1v) is 10.4. The number of hydrogen-bond donors (Lipinski definition) is 1. The number of aliphatic hydroxyl groups excluding tert-OH is 1. The lowest BCUT2D eigenvalue weighted by molar-refractivity contribution is -0.152. The zero-order chi connectivity index (χ0) is 18.9. The van der Waals surface area contributed by atoms with Gasteiger partial charge in [-0.15, -0.1) is 0 Å². The maximum Gasteiger partial charge on any atom is 0.243 e. The molecular weight excluding hydrogens is 342 g/mol. The SMILES string of the molecule is COc1cc(CN2CCCC23CCCN(C2CCC(O)CC2)C3=O)ccn1. The summed E-state index contributed by atoms with van der Waals surface area (Å²) in [7, 11) is 1.63. The van der Waals surface area contributed by atoms with Crippen LogP contribution < -0.4 is 4.74 Å². The Morgan fingerprint density at radius 2 is 1.96 bits per heavy atom. The average Bonchev–Trinajstić information content (AvgIpc) is 3.08. The van der Waals surface area contributed by atoms with Crippen LogP contribution in [0, 0.1) is 0 Å². The predicted octanol–water partition coefficient (Wildman–Crippen LogP) is 2.35. The summed E-state index contributed by atoms with van der Waals surface area (Å²) in [6.45, 7) is 2.60. The summed E-state index contributed by atoms with van der Waals surface area (Å²) < 4.78 is 5.26. The second-order valence-electron chi connectivity index (χ2n) is 8.33. The lowest BCUT2D eigenvalue weighted by Crippen LogP contribution is -2.62. The molecule has 6 heteroatoms. The smallest absolute Gasteiger partial charge is 0.243 e. The minimum Gasteiger partial charge on any atom is -0.481 e. The summed E-state index contributed by atoms with van der Waals surface area (Å²) in [6, 6.07) is 4.29. The van der Waals surface area contributed by atoms with Gasteiger partial charge in [0.05, 0.1) is 13.2 Å². The molecule has 0 aromatic carbocycles. The van der Waals surface area contributed by atoms with Crippen molar-refractivity contribution >= 4 is 5.91 Å². The molecule has 1 unspecified atom stereocenters. The van der Waals surface area contributed by atoms with E-state index in [9.17, 15) is 9.90 Å². The number of rotatable bonds is 4. The van der Waals surface area contributed by atoms with Crippen molar-refractivity contribution in [3.8, 4) is 5.88 Å². The van der Waals surface area contributed by atoms with Crippen LogP contribution in [-0.4, -0.2) is 63.7 Å². The molecule has 27 heavy (non-hydrogen) atoms. The fraction of sp³-hybridized carbons (Fsp3) is 0.714. The molecule has 1 spiro atoms. The number of pyridine rings is 1. The van der Waals surface area contributed by atoms with Gasteiger partial charge in [0.2, 0.25) is 11.8 Å². The van der Waals surface area contributed by atoms with Gasteiger partial charge >= 0.3 is 0 Å². The van der Waals surface area contributed by atoms with Gasteiger partial charge in [-0.2, -0.15) is 0 Å². The van der Waals surface area contributed by atoms with Crippen molar-refractivity contribution in [3.05, 3.63) is 23.9 Å². The zero-order valence-corrected chi connectivity index (χ0v) is 16.3. The van der Waals surface area contributed by atoms with Crippen molar-refractivity contribution in [1.29, 1.82) is 0 Å². The molecule has 1 saturated carbocycles. The van der Waals surface area contributed by atoms with Crippen LogP contribution >= 0.6 is 0 Å². The average molecular weight is 373 g/mol. The van der Waals surface area contributed by atoms with Crippen LogP contribution in [-0.2, 0) is 11.3 Å². The van der Waals surface area contributed by atoms with Crippen molar-refractivity contribution in [3.63, 3.8) is 0 Å². The minimum absolute atomic E-state index is 0.181. The third kappa shape index (κ3) is 3.57. The molecule has 3 heterocycles. The Kier molecular flexibility index (Phi) is 5.37. The standard InChI is InChI=1S/C21H31N3O3/c1-27-19-14-16(8-11-22-19)15-23-12-2-9-21(23)10-3-13-24(20(21)26)17-4-6-18(25)7-5-17/h8,11,14,17-18,25H,2-7,9-10,12-13,15H2,1H3. The molecule has 1 aromatic rings. The second-order valence-corrected chi connectivity index (χ2v) is 8.33. The van der Waals surface area contributed by atoms with Gasteiger partial charge < -0.3 is 14.7 Å². The van der Waals surface area contributed by atoms with Gasteiger partial charge in [0.25, 0.3) is 0 Å². The van der Waals surface area contributed by atoms with Crippen LogP contribution in [0.3, 0.4) is 0 Å². The summed E-state index contributed by atoms with van der Waals surface area (Å²) in [5.74, 6) is 0.951. The highest BCUT2D eigenvalue weighted by atomic mass is 16.5. The minimum atomic E-state index is -0.342. The Labute approximate surface area is 161 Å². The molecule has 2 saturated heterocycles. The zero-order valence-electron chi connectivity index (χ0n) is 16.3. The van der Waals surface area contributed by atoms with Gasteiger partial charge in [0, 0.05) is 31.4 Å². The number of methoxy groups -OCH3 is 1. The van der Waals surface area contributed by atoms with Crippen LogP contribution in [0.25, 0.3) is 0 Å². The van der Waals surface area contributed by atoms with E-state index in [0.717, 1.165) is 76.6 Å². The molecule has 4 rings (SSSR count). The molecule has 1 aliphatic carbocycles. The highest BCUT2D eigenvalue weighted by molar-refractivity contribution is 5.87. The van der Waals surface area contributed by atoms with Crippen molar-refractivity contribution in [2.45, 2.75) is 75.6 Å². The molecule has 1 N–H and O–H groups in total. The van der Waals surface area contributed by atoms with E-state index in [4.69, 9.17) is 4.74 Å². The Bertz CT molecular complexity index is 674. The summed E-state index contributed by atoms with van der Waals surface area (Å²) in [6.07, 6.45) is 9.17. The number of aliphatic hydroxyl groups is 1. The Morgan fingerprint density at radius 1 is 1.22 bits per heavy atom. The number of carbonyl (C=O) groups excluding carboxylic acids is 1. The van der Waals surface area contributed by atoms with Crippen LogP contribution in [0.2, 0.25) is 0 Å². The van der Waals surface area contributed by atoms with Crippen LogP contribution in [0.15, 0.2) is 18.3 Å². The van der Waals surface area contributed by atoms with E-state index in [1.807, 2.05) is 12.1 Å². The summed E-state index contributed by atoms with van der Waals surface area (Å²) in [5.41, 5.74) is 0.805. The number of likely N-dealkylation sites (tertiary alicyclic amines) is 2. The molecule has 1 amide bonds. The molecule has 1 atom stereocenters. The molecule has 148 valence electrons. The van der Waals surface area contributed by atoms with E-state index in [-0.39, 0.29) is 11.6 Å². The quantitative estimate of drug-likeness (QED) is 0.878. The first-order valence-electron chi connectivity index (χ1n) is 10.4. The third-order valence-electron chi connectivity index (χ3n) is 6.76. The Balaban J connectivity index is 1.52. The first kappa shape index (κ1) is 18.7. The number of aromatic nitrogens is 1. The van der Waals surface area contributed by atoms with E-state index in [1.54, 1.807) is 13.3 Å². The molecule has 3 aliphatic rings. The molecule has 0 radical (unpaired) electrons. The molecule has 1 aromatic heterocycles. The monoisotopic (exact) mass is 373 g/mol. The Hall–Kier alpha value is -1.66. The predicted molar refractivity (Wildman–Crippen MR) is 102 cm³/mol. The molecule has 6 nitrogen and oxygen atoms in total. The highest BCUT2D eigenvalue weighted by Gasteiger charge is 2.51. The lowest BCUT2D eigenvalue weighted by atomic mass is 9.82. The van der Waals surface area contributed by atoms with Gasteiger partial charge in [-0.1, -0.05) is 0 Å². The maximum atomic E-state index is 13.6. The molecular formula is C21H31N3O3. The van der Waals surface area contributed by atoms with Crippen LogP contribution in [0.5, 0.6) is 5.88 Å². The van der Waals surface area contributed by atoms with E-state index < -0.39 is 0 Å². The largest absolute Gasteiger partial charge is 0.481 e. The van der Waals surface area contributed by atoms with Gasteiger partial charge in [-0.3, -0.25) is 9.69 Å². The molecule has 2 aliphatic heterocycles. The van der Waals surface area contributed by atoms with Gasteiger partial charge in [0.1, 0.15) is 5.54 Å². The highest BCUT2D eigenvalue weighted by Crippen LogP contribution is 2.41. The topological polar surface area (TPSA) is 65.9 Å². The number of piperidine rings is 1. The normalized spacial score (nSPS) is 32.2. The first-order chi connectivity index (χ1) is 13.1. The Morgan fingerprint density at radius 3 is 2.70 bits per heavy atom. The van der Waals surface area contributed by atoms with Gasteiger partial charge in [0.15, 0.2) is 0 Å². The number of ether oxygens (including phenoxy) is 1. The fourth-order valence-electron chi connectivity index (χ4n) is 5.31. The van der Waals surface area contributed by atoms with Crippen molar-refractivity contribution in [1.82, 2.24) is 14.8 Å². The van der Waals surface area contributed by atoms with E-state index >= 15 is 0 Å². The van der Waals surface area contributed by atoms with E-state index in [0.29, 0.717) is 17.8 Å². The third-order valence-corrected chi connectivity index (χ3v) is 6.76. The number of carbonyl (C=O) groups is 1. The summed E-state index contributed by atoms with van der Waals surface area (Å²) in [4.78, 5) is 22.4.